The second-order valence-electron chi connectivity index (χ2n) is 12.8. The normalized spacial score (nSPS) is 12.9. The third-order valence-electron chi connectivity index (χ3n) is 9.98. The van der Waals surface area contributed by atoms with Crippen LogP contribution in [0.25, 0.3) is 99.1 Å². The Balaban J connectivity index is 1.25. The van der Waals surface area contributed by atoms with E-state index in [0.717, 1.165) is 82.4 Å². The smallest absolute Gasteiger partial charge is 0.143 e. The molecule has 0 atom stereocenters. The van der Waals surface area contributed by atoms with Gasteiger partial charge >= 0.3 is 0 Å². The van der Waals surface area contributed by atoms with E-state index in [9.17, 15) is 0 Å². The van der Waals surface area contributed by atoms with Crippen molar-refractivity contribution in [2.24, 2.45) is 0 Å². The van der Waals surface area contributed by atoms with Crippen LogP contribution in [0.15, 0.2) is 198 Å². The minimum absolute atomic E-state index is 0.197. The van der Waals surface area contributed by atoms with Crippen LogP contribution in [-0.2, 0) is 0 Å². The molecule has 1 heteroatoms. The lowest BCUT2D eigenvalue weighted by Gasteiger charge is -2.17. The first-order chi connectivity index (χ1) is 27.4. The Morgan fingerprint density at radius 2 is 0.824 bits per heavy atom. The highest BCUT2D eigenvalue weighted by Crippen LogP contribution is 2.47. The zero-order valence-corrected chi connectivity index (χ0v) is 27.5. The van der Waals surface area contributed by atoms with E-state index < -0.39 is 6.04 Å². The molecule has 0 aliphatic rings. The lowest BCUT2D eigenvalue weighted by atomic mass is 9.85. The molecular formula is C50H32O. The van der Waals surface area contributed by atoms with Gasteiger partial charge in [0.15, 0.2) is 0 Å². The van der Waals surface area contributed by atoms with E-state index in [1.807, 2.05) is 60.7 Å². The van der Waals surface area contributed by atoms with E-state index in [2.05, 4.69) is 103 Å². The van der Waals surface area contributed by atoms with Gasteiger partial charge in [-0.3, -0.25) is 0 Å². The molecule has 238 valence electrons. The molecule has 10 rings (SSSR count). The number of fused-ring (bicyclic) bond motifs is 5. The zero-order valence-electron chi connectivity index (χ0n) is 32.5. The first kappa shape index (κ1) is 24.4. The lowest BCUT2D eigenvalue weighted by molar-refractivity contribution is 0.670. The van der Waals surface area contributed by atoms with Gasteiger partial charge in [-0.2, -0.15) is 0 Å². The van der Waals surface area contributed by atoms with Crippen molar-refractivity contribution < 1.29 is 11.3 Å². The molecule has 0 spiro atoms. The number of furan rings is 1. The van der Waals surface area contributed by atoms with Crippen LogP contribution >= 0.6 is 0 Å². The quantitative estimate of drug-likeness (QED) is 0.169. The van der Waals surface area contributed by atoms with Gasteiger partial charge in [0.1, 0.15) is 11.2 Å². The van der Waals surface area contributed by atoms with Gasteiger partial charge in [-0.05, 0) is 89.8 Å². The molecule has 0 fully saturated rings. The van der Waals surface area contributed by atoms with Crippen LogP contribution in [0.2, 0.25) is 0 Å². The molecule has 0 unspecified atom stereocenters. The summed E-state index contributed by atoms with van der Waals surface area (Å²) in [5, 5.41) is 5.47. The summed E-state index contributed by atoms with van der Waals surface area (Å²) in [6, 6.07) is 54.5. The Hall–Kier alpha value is -6.70. The maximum atomic E-state index is 8.93. The fourth-order valence-electron chi connectivity index (χ4n) is 7.68. The monoisotopic (exact) mass is 653 g/mol. The first-order valence-corrected chi connectivity index (χ1v) is 17.1. The molecule has 0 aliphatic carbocycles. The summed E-state index contributed by atoms with van der Waals surface area (Å²) in [6.45, 7) is 0. The maximum absolute atomic E-state index is 8.93. The molecule has 0 bridgehead atoms. The first-order valence-electron chi connectivity index (χ1n) is 19.6. The van der Waals surface area contributed by atoms with Crippen LogP contribution in [0.3, 0.4) is 0 Å². The summed E-state index contributed by atoms with van der Waals surface area (Å²) in [6.07, 6.45) is 0. The van der Waals surface area contributed by atoms with E-state index in [-0.39, 0.29) is 29.7 Å². The van der Waals surface area contributed by atoms with Gasteiger partial charge in [-0.15, -0.1) is 0 Å². The Morgan fingerprint density at radius 3 is 1.45 bits per heavy atom. The second kappa shape index (κ2) is 12.0. The van der Waals surface area contributed by atoms with Crippen molar-refractivity contribution in [3.05, 3.63) is 194 Å². The van der Waals surface area contributed by atoms with Gasteiger partial charge in [-0.25, -0.2) is 0 Å². The van der Waals surface area contributed by atoms with E-state index in [4.69, 9.17) is 11.3 Å². The highest BCUT2D eigenvalue weighted by atomic mass is 16.3. The summed E-state index contributed by atoms with van der Waals surface area (Å²) in [5.41, 5.74) is 11.0. The van der Waals surface area contributed by atoms with Crippen molar-refractivity contribution in [1.82, 2.24) is 0 Å². The Bertz CT molecular complexity index is 3080. The SMILES string of the molecule is [2H]c1c([2H])c([2H])c(-c2c3ccccc3c(-c3ccc4oc5c(-c6ccccc6)ccc(-c6ccc(-c7ccccc7)cc6)c5c4c3)c3ccccc23)c([2H])c1[2H]. The topological polar surface area (TPSA) is 13.1 Å². The fourth-order valence-corrected chi connectivity index (χ4v) is 7.68. The number of hydrogen-bond acceptors (Lipinski definition) is 1. The summed E-state index contributed by atoms with van der Waals surface area (Å²) in [7, 11) is 0. The number of rotatable bonds is 5. The molecule has 0 amide bonds. The molecule has 0 saturated heterocycles. The standard InChI is InChI=1S/C50H32O/c1-4-14-33(15-5-1)34-24-26-36(27-25-34)39-29-30-40(35-16-6-2-7-17-35)50-49(39)45-32-38(28-31-46(45)51-50)48-43-22-12-10-20-41(43)47(37-18-8-3-9-19-37)42-21-11-13-23-44(42)48/h1-32H/i3D,8D,9D,18D,19D. The van der Waals surface area contributed by atoms with Gasteiger partial charge in [-0.1, -0.05) is 176 Å². The molecule has 0 aliphatic heterocycles. The van der Waals surface area contributed by atoms with Crippen molar-refractivity contribution >= 4 is 43.5 Å². The highest BCUT2D eigenvalue weighted by Gasteiger charge is 2.20. The van der Waals surface area contributed by atoms with Crippen LogP contribution in [0, 0.1) is 0 Å². The van der Waals surface area contributed by atoms with Crippen molar-refractivity contribution in [1.29, 1.82) is 0 Å². The Labute approximate surface area is 303 Å². The Morgan fingerprint density at radius 1 is 0.353 bits per heavy atom. The van der Waals surface area contributed by atoms with Crippen molar-refractivity contribution in [2.45, 2.75) is 0 Å². The lowest BCUT2D eigenvalue weighted by Crippen LogP contribution is -1.90. The maximum Gasteiger partial charge on any atom is 0.143 e. The minimum Gasteiger partial charge on any atom is -0.455 e. The van der Waals surface area contributed by atoms with Crippen LogP contribution < -0.4 is 0 Å². The largest absolute Gasteiger partial charge is 0.455 e. The molecule has 1 heterocycles. The predicted molar refractivity (Wildman–Crippen MR) is 216 cm³/mol. The molecule has 1 aromatic heterocycles. The summed E-state index contributed by atoms with van der Waals surface area (Å²) < 4.78 is 49.9. The molecule has 9 aromatic carbocycles. The molecule has 0 saturated carbocycles. The predicted octanol–water partition coefficient (Wildman–Crippen LogP) is 14.2. The molecule has 10 aromatic rings. The third kappa shape index (κ3) is 4.86. The van der Waals surface area contributed by atoms with Crippen molar-refractivity contribution in [3.8, 4) is 55.6 Å². The van der Waals surface area contributed by atoms with Crippen LogP contribution in [0.4, 0.5) is 0 Å². The van der Waals surface area contributed by atoms with Gasteiger partial charge in [0.2, 0.25) is 0 Å². The molecule has 1 nitrogen and oxygen atoms in total. The van der Waals surface area contributed by atoms with Gasteiger partial charge in [0, 0.05) is 16.3 Å². The number of benzene rings is 9. The fraction of sp³-hybridized carbons (Fsp3) is 0. The van der Waals surface area contributed by atoms with Gasteiger partial charge in [0.05, 0.1) is 6.85 Å². The minimum atomic E-state index is -0.406. The van der Waals surface area contributed by atoms with Gasteiger partial charge < -0.3 is 4.42 Å². The van der Waals surface area contributed by atoms with E-state index in [1.54, 1.807) is 0 Å². The van der Waals surface area contributed by atoms with E-state index in [1.165, 1.54) is 5.56 Å². The van der Waals surface area contributed by atoms with Crippen LogP contribution in [0.1, 0.15) is 6.85 Å². The summed E-state index contributed by atoms with van der Waals surface area (Å²) in [4.78, 5) is 0. The third-order valence-corrected chi connectivity index (χ3v) is 9.98. The Kier molecular flexibility index (Phi) is 5.76. The average Bonchev–Trinajstić information content (AvgIpc) is 3.64. The molecule has 0 radical (unpaired) electrons. The summed E-state index contributed by atoms with van der Waals surface area (Å²) >= 11 is 0. The van der Waals surface area contributed by atoms with Crippen LogP contribution in [-0.4, -0.2) is 0 Å². The number of hydrogen-bond donors (Lipinski definition) is 0. The molecule has 51 heavy (non-hydrogen) atoms. The van der Waals surface area contributed by atoms with Crippen molar-refractivity contribution in [2.75, 3.05) is 0 Å². The zero-order chi connectivity index (χ0) is 38.1. The second-order valence-corrected chi connectivity index (χ2v) is 12.8. The van der Waals surface area contributed by atoms with Gasteiger partial charge in [0.25, 0.3) is 0 Å². The molecular weight excluding hydrogens is 617 g/mol. The van der Waals surface area contributed by atoms with E-state index >= 15 is 0 Å². The van der Waals surface area contributed by atoms with E-state index in [0.29, 0.717) is 5.56 Å². The van der Waals surface area contributed by atoms with Crippen molar-refractivity contribution in [3.63, 3.8) is 0 Å². The highest BCUT2D eigenvalue weighted by molar-refractivity contribution is 6.23. The average molecular weight is 654 g/mol. The molecule has 0 N–H and O–H groups in total. The van der Waals surface area contributed by atoms with Crippen LogP contribution in [0.5, 0.6) is 0 Å². The summed E-state index contributed by atoms with van der Waals surface area (Å²) in [5.74, 6) is 0.